The fraction of sp³-hybridized carbons (Fsp3) is 0.304. The summed E-state index contributed by atoms with van der Waals surface area (Å²) in [4.78, 5) is 24.0. The third-order valence-corrected chi connectivity index (χ3v) is 5.31. The van der Waals surface area contributed by atoms with Crippen LogP contribution in [0.15, 0.2) is 48.6 Å². The average Bonchev–Trinajstić information content (AvgIpc) is 2.58. The summed E-state index contributed by atoms with van der Waals surface area (Å²) in [5.41, 5.74) is 4.50. The second-order valence-electron chi connectivity index (χ2n) is 8.20. The Morgan fingerprint density at radius 2 is 1.27 bits per heavy atom. The van der Waals surface area contributed by atoms with Crippen LogP contribution in [0.2, 0.25) is 0 Å². The van der Waals surface area contributed by atoms with Crippen LogP contribution in [0.1, 0.15) is 70.7 Å². The first-order valence-corrected chi connectivity index (χ1v) is 8.77. The monoisotopic (exact) mass is 348 g/mol. The molecule has 1 N–H and O–H groups in total. The molecule has 134 valence electrons. The molecule has 1 aliphatic rings. The number of rotatable bonds is 3. The topological polar surface area (TPSA) is 54.4 Å². The van der Waals surface area contributed by atoms with E-state index in [9.17, 15) is 9.59 Å². The third-order valence-electron chi connectivity index (χ3n) is 5.31. The molecule has 3 rings (SSSR count). The lowest BCUT2D eigenvalue weighted by Crippen LogP contribution is -2.29. The number of hydrogen-bond donors (Lipinski definition) is 1. The summed E-state index contributed by atoms with van der Waals surface area (Å²) in [6.45, 7) is 10.6. The minimum absolute atomic E-state index is 0.0691. The maximum Gasteiger partial charge on any atom is 0.335 e. The molecule has 2 aromatic carbocycles. The number of carbonyl (C=O) groups excluding carboxylic acids is 1. The lowest BCUT2D eigenvalue weighted by molar-refractivity contribution is 0.0696. The molecule has 0 aliphatic heterocycles. The molecule has 1 aliphatic carbocycles. The Labute approximate surface area is 154 Å². The van der Waals surface area contributed by atoms with Crippen molar-refractivity contribution in [1.29, 1.82) is 0 Å². The molecule has 2 aromatic rings. The van der Waals surface area contributed by atoms with Gasteiger partial charge in [-0.2, -0.15) is 0 Å². The molecule has 0 radical (unpaired) electrons. The second kappa shape index (κ2) is 5.94. The molecule has 0 saturated heterocycles. The SMILES string of the molecule is Cc1cc2c(cc1C(=O)c1ccc(C(=O)O)cc1)C(C)(C)C=CC2(C)C. The number of aromatic carboxylic acids is 1. The van der Waals surface area contributed by atoms with E-state index in [-0.39, 0.29) is 22.2 Å². The smallest absolute Gasteiger partial charge is 0.335 e. The van der Waals surface area contributed by atoms with E-state index in [1.165, 1.54) is 23.3 Å². The fourth-order valence-corrected chi connectivity index (χ4v) is 3.53. The van der Waals surface area contributed by atoms with Crippen LogP contribution in [-0.2, 0) is 10.8 Å². The van der Waals surface area contributed by atoms with E-state index in [1.807, 2.05) is 13.0 Å². The minimum Gasteiger partial charge on any atom is -0.478 e. The molecule has 0 spiro atoms. The fourth-order valence-electron chi connectivity index (χ4n) is 3.53. The molecule has 26 heavy (non-hydrogen) atoms. The van der Waals surface area contributed by atoms with Crippen molar-refractivity contribution < 1.29 is 14.7 Å². The van der Waals surface area contributed by atoms with E-state index in [0.29, 0.717) is 11.1 Å². The highest BCUT2D eigenvalue weighted by molar-refractivity contribution is 6.10. The Morgan fingerprint density at radius 1 is 0.808 bits per heavy atom. The van der Waals surface area contributed by atoms with Crippen molar-refractivity contribution in [2.75, 3.05) is 0 Å². The van der Waals surface area contributed by atoms with E-state index in [0.717, 1.165) is 5.56 Å². The van der Waals surface area contributed by atoms with Gasteiger partial charge in [0.2, 0.25) is 0 Å². The molecule has 0 atom stereocenters. The zero-order chi connectivity index (χ0) is 19.3. The van der Waals surface area contributed by atoms with Crippen LogP contribution in [-0.4, -0.2) is 16.9 Å². The van der Waals surface area contributed by atoms with Crippen molar-refractivity contribution in [3.8, 4) is 0 Å². The number of carboxylic acid groups (broad SMARTS) is 1. The highest BCUT2D eigenvalue weighted by Gasteiger charge is 2.34. The summed E-state index contributed by atoms with van der Waals surface area (Å²) >= 11 is 0. The normalized spacial score (nSPS) is 16.8. The first-order chi connectivity index (χ1) is 12.0. The lowest BCUT2D eigenvalue weighted by Gasteiger charge is -2.37. The number of benzene rings is 2. The Morgan fingerprint density at radius 3 is 1.77 bits per heavy atom. The second-order valence-corrected chi connectivity index (χ2v) is 8.20. The third kappa shape index (κ3) is 2.98. The largest absolute Gasteiger partial charge is 0.478 e. The van der Waals surface area contributed by atoms with E-state index in [2.05, 4.69) is 45.9 Å². The van der Waals surface area contributed by atoms with Gasteiger partial charge < -0.3 is 5.11 Å². The Hall–Kier alpha value is -2.68. The molecular formula is C23H24O3. The number of hydrogen-bond acceptors (Lipinski definition) is 2. The summed E-state index contributed by atoms with van der Waals surface area (Å²) in [6.07, 6.45) is 4.45. The predicted molar refractivity (Wildman–Crippen MR) is 103 cm³/mol. The van der Waals surface area contributed by atoms with Gasteiger partial charge in [0.25, 0.3) is 0 Å². The number of aryl methyl sites for hydroxylation is 1. The minimum atomic E-state index is -0.996. The van der Waals surface area contributed by atoms with Gasteiger partial charge in [-0.3, -0.25) is 4.79 Å². The van der Waals surface area contributed by atoms with E-state index < -0.39 is 5.97 Å². The molecule has 0 heterocycles. The maximum absolute atomic E-state index is 13.0. The standard InChI is InChI=1S/C23H24O3/c1-14-12-18-19(23(4,5)11-10-22(18,2)3)13-17(14)20(24)15-6-8-16(9-7-15)21(25)26/h6-13H,1-5H3,(H,25,26). The average molecular weight is 348 g/mol. The highest BCUT2D eigenvalue weighted by atomic mass is 16.4. The summed E-state index contributed by atoms with van der Waals surface area (Å²) < 4.78 is 0. The summed E-state index contributed by atoms with van der Waals surface area (Å²) in [6, 6.07) is 10.3. The highest BCUT2D eigenvalue weighted by Crippen LogP contribution is 2.42. The molecular weight excluding hydrogens is 324 g/mol. The van der Waals surface area contributed by atoms with Crippen molar-refractivity contribution in [3.63, 3.8) is 0 Å². The van der Waals surface area contributed by atoms with Gasteiger partial charge in [-0.25, -0.2) is 4.79 Å². The molecule has 0 aromatic heterocycles. The van der Waals surface area contributed by atoms with Crippen molar-refractivity contribution in [1.82, 2.24) is 0 Å². The number of carbonyl (C=O) groups is 2. The number of carboxylic acids is 1. The van der Waals surface area contributed by atoms with Gasteiger partial charge >= 0.3 is 5.97 Å². The van der Waals surface area contributed by atoms with Crippen LogP contribution < -0.4 is 0 Å². The predicted octanol–water partition coefficient (Wildman–Crippen LogP) is 5.05. The first kappa shape index (κ1) is 18.1. The molecule has 0 amide bonds. The molecule has 3 heteroatoms. The summed E-state index contributed by atoms with van der Waals surface area (Å²) in [7, 11) is 0. The molecule has 0 unspecified atom stereocenters. The number of fused-ring (bicyclic) bond motifs is 1. The van der Waals surface area contributed by atoms with Crippen LogP contribution >= 0.6 is 0 Å². The van der Waals surface area contributed by atoms with Gasteiger partial charge in [0, 0.05) is 22.0 Å². The maximum atomic E-state index is 13.0. The number of allylic oxidation sites excluding steroid dienone is 2. The number of ketones is 1. The molecule has 0 bridgehead atoms. The van der Waals surface area contributed by atoms with Gasteiger partial charge in [0.1, 0.15) is 0 Å². The van der Waals surface area contributed by atoms with Crippen LogP contribution in [0.3, 0.4) is 0 Å². The zero-order valence-electron chi connectivity index (χ0n) is 15.9. The lowest BCUT2D eigenvalue weighted by atomic mass is 9.67. The summed E-state index contributed by atoms with van der Waals surface area (Å²) in [5, 5.41) is 9.02. The van der Waals surface area contributed by atoms with Gasteiger partial charge in [-0.1, -0.05) is 58.0 Å². The van der Waals surface area contributed by atoms with Crippen molar-refractivity contribution in [2.45, 2.75) is 45.4 Å². The van der Waals surface area contributed by atoms with Crippen LogP contribution in [0.5, 0.6) is 0 Å². The molecule has 0 fully saturated rings. The van der Waals surface area contributed by atoms with Crippen LogP contribution in [0.4, 0.5) is 0 Å². The van der Waals surface area contributed by atoms with Gasteiger partial charge in [0.05, 0.1) is 5.56 Å². The van der Waals surface area contributed by atoms with Gasteiger partial charge in [0.15, 0.2) is 5.78 Å². The zero-order valence-corrected chi connectivity index (χ0v) is 15.9. The van der Waals surface area contributed by atoms with Gasteiger partial charge in [-0.15, -0.1) is 0 Å². The Balaban J connectivity index is 2.10. The molecule has 3 nitrogen and oxygen atoms in total. The summed E-state index contributed by atoms with van der Waals surface area (Å²) in [5.74, 6) is -1.07. The molecule has 0 saturated carbocycles. The van der Waals surface area contributed by atoms with Gasteiger partial charge in [-0.05, 0) is 41.8 Å². The quantitative estimate of drug-likeness (QED) is 0.624. The van der Waals surface area contributed by atoms with Crippen molar-refractivity contribution in [3.05, 3.63) is 81.9 Å². The Bertz CT molecular complexity index is 929. The first-order valence-electron chi connectivity index (χ1n) is 8.77. The van der Waals surface area contributed by atoms with Crippen molar-refractivity contribution >= 4 is 11.8 Å². The van der Waals surface area contributed by atoms with Crippen LogP contribution in [0, 0.1) is 6.92 Å². The Kier molecular flexibility index (Phi) is 4.14. The van der Waals surface area contributed by atoms with E-state index >= 15 is 0 Å². The van der Waals surface area contributed by atoms with Crippen molar-refractivity contribution in [2.24, 2.45) is 0 Å². The van der Waals surface area contributed by atoms with E-state index in [4.69, 9.17) is 5.11 Å². The van der Waals surface area contributed by atoms with E-state index in [1.54, 1.807) is 12.1 Å². The van der Waals surface area contributed by atoms with Crippen LogP contribution in [0.25, 0.3) is 0 Å².